The van der Waals surface area contributed by atoms with E-state index in [4.69, 9.17) is 4.84 Å². The summed E-state index contributed by atoms with van der Waals surface area (Å²) < 4.78 is 1.73. The van der Waals surface area contributed by atoms with Gasteiger partial charge in [0.25, 0.3) is 0 Å². The zero-order valence-electron chi connectivity index (χ0n) is 8.40. The molecular formula is C12H11N2O+. The highest BCUT2D eigenvalue weighted by molar-refractivity contribution is 6.04. The van der Waals surface area contributed by atoms with E-state index in [1.165, 1.54) is 10.8 Å². The van der Waals surface area contributed by atoms with Crippen molar-refractivity contribution < 1.29 is 9.57 Å². The van der Waals surface area contributed by atoms with Gasteiger partial charge in [0.05, 0.1) is 5.39 Å². The van der Waals surface area contributed by atoms with Crippen molar-refractivity contribution >= 4 is 21.9 Å². The van der Waals surface area contributed by atoms with Crippen LogP contribution in [0, 0.1) is 0 Å². The Kier molecular flexibility index (Phi) is 1.65. The lowest BCUT2D eigenvalue weighted by molar-refractivity contribution is -0.866. The Bertz CT molecular complexity index is 628. The van der Waals surface area contributed by atoms with Crippen molar-refractivity contribution in [3.63, 3.8) is 0 Å². The average Bonchev–Trinajstić information content (AvgIpc) is 2.67. The Balaban J connectivity index is 2.53. The number of hydrogen-bond donors (Lipinski definition) is 1. The molecule has 0 spiro atoms. The van der Waals surface area contributed by atoms with Gasteiger partial charge in [0.15, 0.2) is 0 Å². The fourth-order valence-corrected chi connectivity index (χ4v) is 1.94. The van der Waals surface area contributed by atoms with Gasteiger partial charge in [0.1, 0.15) is 18.8 Å². The summed E-state index contributed by atoms with van der Waals surface area (Å²) in [4.78, 5) is 8.58. The molecule has 3 nitrogen and oxygen atoms in total. The molecule has 0 bridgehead atoms. The van der Waals surface area contributed by atoms with Gasteiger partial charge >= 0.3 is 5.65 Å². The lowest BCUT2D eigenvalue weighted by Crippen LogP contribution is -2.40. The number of benzene rings is 1. The van der Waals surface area contributed by atoms with Crippen LogP contribution in [-0.4, -0.2) is 12.1 Å². The topological polar surface area (TPSA) is 28.9 Å². The van der Waals surface area contributed by atoms with E-state index in [1.54, 1.807) is 11.8 Å². The van der Waals surface area contributed by atoms with E-state index in [2.05, 4.69) is 23.2 Å². The fraction of sp³-hybridized carbons (Fsp3) is 0.0833. The maximum atomic E-state index is 5.24. The fourth-order valence-electron chi connectivity index (χ4n) is 1.94. The van der Waals surface area contributed by atoms with Crippen molar-refractivity contribution in [3.8, 4) is 0 Å². The summed E-state index contributed by atoms with van der Waals surface area (Å²) in [6, 6.07) is 12.3. The van der Waals surface area contributed by atoms with E-state index in [1.807, 2.05) is 24.4 Å². The van der Waals surface area contributed by atoms with Crippen molar-refractivity contribution in [2.24, 2.45) is 0 Å². The van der Waals surface area contributed by atoms with Gasteiger partial charge in [0, 0.05) is 5.39 Å². The zero-order valence-corrected chi connectivity index (χ0v) is 8.40. The number of rotatable bonds is 1. The third kappa shape index (κ3) is 1.09. The minimum atomic E-state index is 0.987. The van der Waals surface area contributed by atoms with E-state index in [0.29, 0.717) is 0 Å². The number of H-pyrrole nitrogens is 1. The molecule has 0 aliphatic carbocycles. The minimum Gasteiger partial charge on any atom is -0.339 e. The summed E-state index contributed by atoms with van der Waals surface area (Å²) in [6.07, 6.45) is 1.89. The largest absolute Gasteiger partial charge is 0.339 e. The van der Waals surface area contributed by atoms with Crippen LogP contribution in [-0.2, 0) is 0 Å². The molecule has 0 amide bonds. The highest BCUT2D eigenvalue weighted by Crippen LogP contribution is 2.21. The summed E-state index contributed by atoms with van der Waals surface area (Å²) in [5, 5.41) is 2.40. The van der Waals surface area contributed by atoms with Crippen molar-refractivity contribution in [2.45, 2.75) is 0 Å². The Labute approximate surface area is 86.9 Å². The monoisotopic (exact) mass is 199 g/mol. The Morgan fingerprint density at radius 3 is 2.73 bits per heavy atom. The van der Waals surface area contributed by atoms with E-state index in [0.717, 1.165) is 11.2 Å². The number of hydrogen-bond acceptors (Lipinski definition) is 1. The van der Waals surface area contributed by atoms with E-state index < -0.39 is 0 Å². The summed E-state index contributed by atoms with van der Waals surface area (Å²) in [6.45, 7) is 0. The molecule has 0 atom stereocenters. The molecule has 2 aromatic heterocycles. The van der Waals surface area contributed by atoms with Crippen LogP contribution in [0.4, 0.5) is 0 Å². The summed E-state index contributed by atoms with van der Waals surface area (Å²) in [7, 11) is 1.66. The van der Waals surface area contributed by atoms with Gasteiger partial charge in [-0.15, -0.1) is 0 Å². The van der Waals surface area contributed by atoms with Crippen LogP contribution in [0.3, 0.4) is 0 Å². The van der Waals surface area contributed by atoms with Gasteiger partial charge in [-0.1, -0.05) is 12.1 Å². The SMILES string of the molecule is CO[n+]1cccc2c3ccccc3[nH]c21. The van der Waals surface area contributed by atoms with Gasteiger partial charge in [-0.3, -0.25) is 0 Å². The number of fused-ring (bicyclic) bond motifs is 3. The van der Waals surface area contributed by atoms with Crippen LogP contribution in [0.15, 0.2) is 42.6 Å². The molecule has 0 fully saturated rings. The number of nitrogens with one attached hydrogen (secondary N) is 1. The van der Waals surface area contributed by atoms with Crippen LogP contribution in [0.5, 0.6) is 0 Å². The first-order valence-electron chi connectivity index (χ1n) is 4.86. The lowest BCUT2D eigenvalue weighted by Gasteiger charge is -1.94. The number of aromatic amines is 1. The van der Waals surface area contributed by atoms with Crippen molar-refractivity contribution in [3.05, 3.63) is 42.6 Å². The molecule has 1 N–H and O–H groups in total. The molecule has 15 heavy (non-hydrogen) atoms. The highest BCUT2D eigenvalue weighted by Gasteiger charge is 2.13. The third-order valence-corrected chi connectivity index (χ3v) is 2.63. The second kappa shape index (κ2) is 2.98. The average molecular weight is 199 g/mol. The van der Waals surface area contributed by atoms with Crippen molar-refractivity contribution in [2.75, 3.05) is 7.11 Å². The van der Waals surface area contributed by atoms with Gasteiger partial charge in [-0.05, 0) is 29.0 Å². The highest BCUT2D eigenvalue weighted by atomic mass is 16.6. The van der Waals surface area contributed by atoms with Gasteiger partial charge in [-0.25, -0.2) is 4.98 Å². The van der Waals surface area contributed by atoms with Crippen LogP contribution in [0.1, 0.15) is 0 Å². The van der Waals surface area contributed by atoms with Crippen LogP contribution >= 0.6 is 0 Å². The second-order valence-electron chi connectivity index (χ2n) is 3.45. The van der Waals surface area contributed by atoms with E-state index in [9.17, 15) is 0 Å². The van der Waals surface area contributed by atoms with E-state index >= 15 is 0 Å². The Morgan fingerprint density at radius 1 is 1.07 bits per heavy atom. The molecule has 1 aromatic carbocycles. The normalized spacial score (nSPS) is 11.0. The van der Waals surface area contributed by atoms with Crippen molar-refractivity contribution in [1.82, 2.24) is 4.98 Å². The molecule has 3 rings (SSSR count). The molecule has 0 radical (unpaired) electrons. The predicted molar refractivity (Wildman–Crippen MR) is 58.5 cm³/mol. The smallest absolute Gasteiger partial charge is 0.327 e. The summed E-state index contributed by atoms with van der Waals surface area (Å²) >= 11 is 0. The second-order valence-corrected chi connectivity index (χ2v) is 3.45. The first kappa shape index (κ1) is 8.29. The van der Waals surface area contributed by atoms with Crippen LogP contribution in [0.25, 0.3) is 21.9 Å². The molecule has 0 unspecified atom stereocenters. The molecule has 0 aliphatic rings. The van der Waals surface area contributed by atoms with Crippen LogP contribution < -0.4 is 9.57 Å². The number of para-hydroxylation sites is 1. The quantitative estimate of drug-likeness (QED) is 0.593. The van der Waals surface area contributed by atoms with Gasteiger partial charge < -0.3 is 4.84 Å². The third-order valence-electron chi connectivity index (χ3n) is 2.63. The minimum absolute atomic E-state index is 0.987. The lowest BCUT2D eigenvalue weighted by atomic mass is 10.2. The predicted octanol–water partition coefficient (Wildman–Crippen LogP) is 1.67. The molecule has 3 aromatic rings. The molecular weight excluding hydrogens is 188 g/mol. The number of nitrogens with zero attached hydrogens (tertiary/aromatic N) is 1. The maximum Gasteiger partial charge on any atom is 0.327 e. The zero-order chi connectivity index (χ0) is 10.3. The molecule has 2 heterocycles. The van der Waals surface area contributed by atoms with Crippen LogP contribution in [0.2, 0.25) is 0 Å². The standard InChI is InChI=1S/C12H10N2O/c1-15-14-8-4-6-10-9-5-2-3-7-11(9)13-12(10)14/h2-8H,1H3/p+1. The van der Waals surface area contributed by atoms with Gasteiger partial charge in [-0.2, -0.15) is 0 Å². The molecule has 0 saturated carbocycles. The van der Waals surface area contributed by atoms with Gasteiger partial charge in [0.2, 0.25) is 0 Å². The maximum absolute atomic E-state index is 5.24. The number of aromatic nitrogens is 2. The summed E-state index contributed by atoms with van der Waals surface area (Å²) in [5.74, 6) is 0. The summed E-state index contributed by atoms with van der Waals surface area (Å²) in [5.41, 5.74) is 2.12. The molecule has 3 heteroatoms. The first-order valence-corrected chi connectivity index (χ1v) is 4.86. The first-order chi connectivity index (χ1) is 7.40. The molecule has 74 valence electrons. The Morgan fingerprint density at radius 2 is 1.87 bits per heavy atom. The van der Waals surface area contributed by atoms with Crippen molar-refractivity contribution in [1.29, 1.82) is 0 Å². The van der Waals surface area contributed by atoms with E-state index in [-0.39, 0.29) is 0 Å². The molecule has 0 saturated heterocycles. The number of pyridine rings is 1. The molecule has 0 aliphatic heterocycles. The Hall–Kier alpha value is -2.03.